The van der Waals surface area contributed by atoms with Crippen LogP contribution in [0.3, 0.4) is 0 Å². The van der Waals surface area contributed by atoms with Crippen molar-refractivity contribution in [3.8, 4) is 6.07 Å². The number of benzene rings is 1. The van der Waals surface area contributed by atoms with E-state index in [0.29, 0.717) is 15.9 Å². The average Bonchev–Trinajstić information content (AvgIpc) is 3.08. The monoisotopic (exact) mass is 360 g/mol. The minimum atomic E-state index is -0.230. The largest absolute Gasteiger partial charge is 0.357 e. The van der Waals surface area contributed by atoms with Crippen molar-refractivity contribution in [2.75, 3.05) is 18.0 Å². The number of nitrogens with zero attached hydrogens (tertiary/aromatic N) is 4. The molecule has 5 nitrogen and oxygen atoms in total. The molecule has 1 fully saturated rings. The topological polar surface area (TPSA) is 61.4 Å². The molecule has 1 aliphatic rings. The predicted octanol–water partition coefficient (Wildman–Crippen LogP) is 3.92. The van der Waals surface area contributed by atoms with Crippen molar-refractivity contribution in [1.82, 2.24) is 9.38 Å². The molecule has 3 aromatic heterocycles. The van der Waals surface area contributed by atoms with Crippen LogP contribution in [0.25, 0.3) is 26.1 Å². The number of hydrogen-bond donors (Lipinski definition) is 0. The van der Waals surface area contributed by atoms with Crippen LogP contribution >= 0.6 is 11.3 Å². The van der Waals surface area contributed by atoms with Crippen LogP contribution < -0.4 is 10.3 Å². The maximum absolute atomic E-state index is 12.9. The van der Waals surface area contributed by atoms with Crippen LogP contribution in [-0.4, -0.2) is 22.5 Å². The van der Waals surface area contributed by atoms with Gasteiger partial charge in [-0.1, -0.05) is 12.1 Å². The van der Waals surface area contributed by atoms with E-state index in [2.05, 4.69) is 11.0 Å². The van der Waals surface area contributed by atoms with Crippen LogP contribution in [0.2, 0.25) is 0 Å². The van der Waals surface area contributed by atoms with Gasteiger partial charge in [0.2, 0.25) is 5.43 Å². The fraction of sp³-hybridized carbons (Fsp3) is 0.250. The van der Waals surface area contributed by atoms with Gasteiger partial charge in [0.25, 0.3) is 0 Å². The van der Waals surface area contributed by atoms with E-state index in [0.717, 1.165) is 29.1 Å². The Morgan fingerprint density at radius 2 is 1.88 bits per heavy atom. The molecule has 4 heterocycles. The molecule has 0 spiro atoms. The molecule has 0 bridgehead atoms. The van der Waals surface area contributed by atoms with E-state index in [9.17, 15) is 10.1 Å². The third kappa shape index (κ3) is 2.14. The van der Waals surface area contributed by atoms with Crippen LogP contribution in [-0.2, 0) is 0 Å². The molecule has 0 aliphatic carbocycles. The molecule has 1 aliphatic heterocycles. The van der Waals surface area contributed by atoms with Crippen molar-refractivity contribution in [1.29, 1.82) is 5.26 Å². The summed E-state index contributed by atoms with van der Waals surface area (Å²) >= 11 is 1.47. The number of thiazole rings is 1. The molecular weight excluding hydrogens is 344 g/mol. The summed E-state index contributed by atoms with van der Waals surface area (Å²) in [5, 5.41) is 10.1. The smallest absolute Gasteiger partial charge is 0.210 e. The molecule has 128 valence electrons. The third-order valence-electron chi connectivity index (χ3n) is 5.07. The Hall–Kier alpha value is -2.91. The quantitative estimate of drug-likeness (QED) is 0.516. The first-order valence-corrected chi connectivity index (χ1v) is 9.61. The van der Waals surface area contributed by atoms with Gasteiger partial charge in [-0.2, -0.15) is 5.26 Å². The normalized spacial score (nSPS) is 15.0. The summed E-state index contributed by atoms with van der Waals surface area (Å²) in [6.45, 7) is 1.99. The molecule has 1 saturated heterocycles. The van der Waals surface area contributed by atoms with Gasteiger partial charge in [-0.05, 0) is 43.5 Å². The Morgan fingerprint density at radius 1 is 1.08 bits per heavy atom. The maximum atomic E-state index is 12.9. The van der Waals surface area contributed by atoms with Gasteiger partial charge in [0.05, 0.1) is 15.6 Å². The zero-order valence-corrected chi connectivity index (χ0v) is 14.9. The van der Waals surface area contributed by atoms with Crippen LogP contribution in [0.5, 0.6) is 0 Å². The minimum absolute atomic E-state index is 0.200. The molecule has 1 aromatic carbocycles. The second kappa shape index (κ2) is 5.82. The highest BCUT2D eigenvalue weighted by molar-refractivity contribution is 7.24. The first-order valence-electron chi connectivity index (χ1n) is 8.80. The molecular formula is C20H16N4OS. The van der Waals surface area contributed by atoms with Crippen LogP contribution in [0.4, 0.5) is 5.82 Å². The number of para-hydroxylation sites is 1. The fourth-order valence-corrected chi connectivity index (χ4v) is 4.91. The maximum Gasteiger partial charge on any atom is 0.210 e. The van der Waals surface area contributed by atoms with Crippen molar-refractivity contribution >= 4 is 43.2 Å². The standard InChI is InChI=1S/C20H16N4OS/c21-12-14-18(25)13-8-9-17(23-10-4-1-5-11-23)22-19(13)24-15-6-2-3-7-16(15)26-20(14)24/h2-3,6-9H,1,4-5,10-11H2. The van der Waals surface area contributed by atoms with Crippen LogP contribution in [0.1, 0.15) is 24.8 Å². The van der Waals surface area contributed by atoms with Crippen molar-refractivity contribution in [3.63, 3.8) is 0 Å². The Kier molecular flexibility index (Phi) is 3.44. The first kappa shape index (κ1) is 15.4. The van der Waals surface area contributed by atoms with Gasteiger partial charge in [0, 0.05) is 13.1 Å². The summed E-state index contributed by atoms with van der Waals surface area (Å²) in [5.41, 5.74) is 1.60. The van der Waals surface area contributed by atoms with Crippen molar-refractivity contribution in [2.24, 2.45) is 0 Å². The number of piperidine rings is 1. The second-order valence-electron chi connectivity index (χ2n) is 6.61. The summed E-state index contributed by atoms with van der Waals surface area (Å²) in [6, 6.07) is 13.8. The molecule has 5 rings (SSSR count). The Bertz CT molecular complexity index is 1260. The van der Waals surface area contributed by atoms with E-state index in [1.807, 2.05) is 40.8 Å². The molecule has 26 heavy (non-hydrogen) atoms. The Balaban J connectivity index is 1.91. The zero-order chi connectivity index (χ0) is 17.7. The lowest BCUT2D eigenvalue weighted by molar-refractivity contribution is 0.574. The highest BCUT2D eigenvalue weighted by Crippen LogP contribution is 2.31. The number of nitriles is 1. The Morgan fingerprint density at radius 3 is 2.69 bits per heavy atom. The SMILES string of the molecule is N#Cc1c(=O)c2ccc(N3CCCCC3)nc2n2c1sc1ccccc12. The molecule has 0 N–H and O–H groups in total. The van der Waals surface area contributed by atoms with E-state index >= 15 is 0 Å². The number of aromatic nitrogens is 2. The lowest BCUT2D eigenvalue weighted by Gasteiger charge is -2.27. The van der Waals surface area contributed by atoms with Gasteiger partial charge >= 0.3 is 0 Å². The predicted molar refractivity (Wildman–Crippen MR) is 105 cm³/mol. The number of anilines is 1. The number of hydrogen-bond acceptors (Lipinski definition) is 5. The van der Waals surface area contributed by atoms with Gasteiger partial charge in [-0.15, -0.1) is 11.3 Å². The van der Waals surface area contributed by atoms with Gasteiger partial charge in [0.15, 0.2) is 5.65 Å². The number of pyridine rings is 2. The lowest BCUT2D eigenvalue weighted by Crippen LogP contribution is -2.30. The van der Waals surface area contributed by atoms with Crippen molar-refractivity contribution < 1.29 is 0 Å². The third-order valence-corrected chi connectivity index (χ3v) is 6.21. The van der Waals surface area contributed by atoms with E-state index in [4.69, 9.17) is 4.98 Å². The van der Waals surface area contributed by atoms with Crippen molar-refractivity contribution in [2.45, 2.75) is 19.3 Å². The van der Waals surface area contributed by atoms with Crippen LogP contribution in [0, 0.1) is 11.3 Å². The second-order valence-corrected chi connectivity index (χ2v) is 7.65. The molecule has 0 radical (unpaired) electrons. The van der Waals surface area contributed by atoms with Crippen molar-refractivity contribution in [3.05, 3.63) is 52.2 Å². The van der Waals surface area contributed by atoms with Crippen LogP contribution in [0.15, 0.2) is 41.2 Å². The summed E-state index contributed by atoms with van der Waals surface area (Å²) < 4.78 is 3.02. The van der Waals surface area contributed by atoms with E-state index in [1.165, 1.54) is 30.6 Å². The first-order chi connectivity index (χ1) is 12.8. The molecule has 6 heteroatoms. The average molecular weight is 360 g/mol. The summed E-state index contributed by atoms with van der Waals surface area (Å²) in [7, 11) is 0. The molecule has 0 atom stereocenters. The molecule has 0 saturated carbocycles. The van der Waals surface area contributed by atoms with Gasteiger partial charge in [-0.25, -0.2) is 4.98 Å². The van der Waals surface area contributed by atoms with Gasteiger partial charge in [-0.3, -0.25) is 9.20 Å². The highest BCUT2D eigenvalue weighted by atomic mass is 32.1. The van der Waals surface area contributed by atoms with Gasteiger partial charge in [0.1, 0.15) is 22.3 Å². The Labute approximate surface area is 153 Å². The summed E-state index contributed by atoms with van der Waals surface area (Å²) in [4.78, 5) is 20.7. The highest BCUT2D eigenvalue weighted by Gasteiger charge is 2.19. The molecule has 0 unspecified atom stereocenters. The summed E-state index contributed by atoms with van der Waals surface area (Å²) in [5.74, 6) is 0.908. The van der Waals surface area contributed by atoms with E-state index in [-0.39, 0.29) is 11.0 Å². The van der Waals surface area contributed by atoms with Gasteiger partial charge < -0.3 is 4.90 Å². The number of fused-ring (bicyclic) bond motifs is 5. The number of rotatable bonds is 1. The summed E-state index contributed by atoms with van der Waals surface area (Å²) in [6.07, 6.45) is 3.60. The fourth-order valence-electron chi connectivity index (χ4n) is 3.78. The minimum Gasteiger partial charge on any atom is -0.357 e. The van der Waals surface area contributed by atoms with E-state index in [1.54, 1.807) is 0 Å². The molecule has 4 aromatic rings. The lowest BCUT2D eigenvalue weighted by atomic mass is 10.1. The molecule has 0 amide bonds. The van der Waals surface area contributed by atoms with E-state index < -0.39 is 0 Å². The zero-order valence-electron chi connectivity index (χ0n) is 14.1.